The van der Waals surface area contributed by atoms with Crippen LogP contribution in [0.5, 0.6) is 0 Å². The summed E-state index contributed by atoms with van der Waals surface area (Å²) in [6, 6.07) is 22.1. The van der Waals surface area contributed by atoms with Gasteiger partial charge in [-0.05, 0) is 35.9 Å². The fourth-order valence-corrected chi connectivity index (χ4v) is 3.74. The highest BCUT2D eigenvalue weighted by molar-refractivity contribution is 9.10. The summed E-state index contributed by atoms with van der Waals surface area (Å²) in [6.07, 6.45) is 0. The fourth-order valence-electron chi connectivity index (χ4n) is 3.29. The first kappa shape index (κ1) is 15.0. The average molecular weight is 379 g/mol. The minimum atomic E-state index is -0.397. The number of primary amides is 1. The number of carbonyl (C=O) groups is 1. The summed E-state index contributed by atoms with van der Waals surface area (Å²) in [5.74, 6) is -0.397. The van der Waals surface area contributed by atoms with Crippen molar-refractivity contribution >= 4 is 43.6 Å². The Bertz CT molecular complexity index is 1080. The lowest BCUT2D eigenvalue weighted by molar-refractivity contribution is 0.100. The van der Waals surface area contributed by atoms with Gasteiger partial charge < -0.3 is 10.3 Å². The molecule has 3 aromatic carbocycles. The van der Waals surface area contributed by atoms with Crippen molar-refractivity contribution in [2.24, 2.45) is 5.73 Å². The maximum absolute atomic E-state index is 11.9. The van der Waals surface area contributed by atoms with Crippen LogP contribution in [0.3, 0.4) is 0 Å². The monoisotopic (exact) mass is 378 g/mol. The van der Waals surface area contributed by atoms with Crippen molar-refractivity contribution in [3.05, 3.63) is 82.3 Å². The van der Waals surface area contributed by atoms with Gasteiger partial charge in [0, 0.05) is 32.9 Å². The van der Waals surface area contributed by atoms with Crippen molar-refractivity contribution < 1.29 is 4.79 Å². The third kappa shape index (κ3) is 2.39. The highest BCUT2D eigenvalue weighted by Gasteiger charge is 2.16. The van der Waals surface area contributed by atoms with Gasteiger partial charge in [0.15, 0.2) is 0 Å². The Hall–Kier alpha value is -2.59. The standard InChI is InChI=1S/C20H15BrN2O/c21-14-6-3-5-13(11-14)12-23-17-9-2-1-7-15(17)19-16(20(22)24)8-4-10-18(19)23/h1-11H,12H2,(H2,22,24). The third-order valence-electron chi connectivity index (χ3n) is 4.29. The molecule has 0 spiro atoms. The number of para-hydroxylation sites is 1. The van der Waals surface area contributed by atoms with Crippen LogP contribution >= 0.6 is 15.9 Å². The lowest BCUT2D eigenvalue weighted by atomic mass is 10.1. The summed E-state index contributed by atoms with van der Waals surface area (Å²) < 4.78 is 3.29. The number of hydrogen-bond donors (Lipinski definition) is 1. The molecule has 0 saturated carbocycles. The lowest BCUT2D eigenvalue weighted by Crippen LogP contribution is -2.11. The molecular formula is C20H15BrN2O. The number of halogens is 1. The van der Waals surface area contributed by atoms with Crippen molar-refractivity contribution in [3.63, 3.8) is 0 Å². The van der Waals surface area contributed by atoms with Gasteiger partial charge in [-0.2, -0.15) is 0 Å². The molecule has 4 heteroatoms. The molecule has 0 radical (unpaired) electrons. The van der Waals surface area contributed by atoms with Crippen LogP contribution in [0.25, 0.3) is 21.8 Å². The molecule has 0 unspecified atom stereocenters. The Morgan fingerprint density at radius 3 is 2.50 bits per heavy atom. The number of carbonyl (C=O) groups excluding carboxylic acids is 1. The molecule has 0 fully saturated rings. The molecule has 4 rings (SSSR count). The zero-order chi connectivity index (χ0) is 16.7. The molecule has 0 bridgehead atoms. The zero-order valence-electron chi connectivity index (χ0n) is 12.9. The highest BCUT2D eigenvalue weighted by atomic mass is 79.9. The normalized spacial score (nSPS) is 11.2. The summed E-state index contributed by atoms with van der Waals surface area (Å²) in [4.78, 5) is 11.9. The molecule has 0 aliphatic carbocycles. The van der Waals surface area contributed by atoms with Crippen LogP contribution in [0.15, 0.2) is 71.2 Å². The highest BCUT2D eigenvalue weighted by Crippen LogP contribution is 2.32. The van der Waals surface area contributed by atoms with Gasteiger partial charge >= 0.3 is 0 Å². The second-order valence-electron chi connectivity index (χ2n) is 5.80. The molecule has 0 aliphatic heterocycles. The van der Waals surface area contributed by atoms with Crippen molar-refractivity contribution in [2.45, 2.75) is 6.54 Å². The van der Waals surface area contributed by atoms with Gasteiger partial charge in [0.1, 0.15) is 0 Å². The maximum atomic E-state index is 11.9. The van der Waals surface area contributed by atoms with E-state index in [2.05, 4.69) is 38.7 Å². The number of hydrogen-bond acceptors (Lipinski definition) is 1. The second kappa shape index (κ2) is 5.80. The average Bonchev–Trinajstić information content (AvgIpc) is 2.89. The van der Waals surface area contributed by atoms with E-state index >= 15 is 0 Å². The Balaban J connectivity index is 2.03. The van der Waals surface area contributed by atoms with Gasteiger partial charge in [0.05, 0.1) is 5.52 Å². The molecule has 1 amide bonds. The van der Waals surface area contributed by atoms with Crippen LogP contribution in [0.2, 0.25) is 0 Å². The van der Waals surface area contributed by atoms with E-state index in [0.29, 0.717) is 5.56 Å². The molecule has 3 nitrogen and oxygen atoms in total. The van der Waals surface area contributed by atoms with E-state index < -0.39 is 5.91 Å². The Kier molecular flexibility index (Phi) is 3.62. The van der Waals surface area contributed by atoms with Crippen molar-refractivity contribution in [2.75, 3.05) is 0 Å². The van der Waals surface area contributed by atoms with Crippen molar-refractivity contribution in [1.29, 1.82) is 0 Å². The predicted molar refractivity (Wildman–Crippen MR) is 101 cm³/mol. The van der Waals surface area contributed by atoms with E-state index in [1.54, 1.807) is 6.07 Å². The molecular weight excluding hydrogens is 364 g/mol. The van der Waals surface area contributed by atoms with E-state index in [1.807, 2.05) is 42.5 Å². The van der Waals surface area contributed by atoms with Crippen molar-refractivity contribution in [3.8, 4) is 0 Å². The van der Waals surface area contributed by atoms with Gasteiger partial charge in [-0.1, -0.05) is 52.3 Å². The van der Waals surface area contributed by atoms with Crippen LogP contribution < -0.4 is 5.73 Å². The van der Waals surface area contributed by atoms with E-state index in [9.17, 15) is 4.79 Å². The topological polar surface area (TPSA) is 48.0 Å². The zero-order valence-corrected chi connectivity index (χ0v) is 14.5. The Morgan fingerprint density at radius 1 is 0.958 bits per heavy atom. The number of benzene rings is 3. The smallest absolute Gasteiger partial charge is 0.249 e. The third-order valence-corrected chi connectivity index (χ3v) is 4.79. The van der Waals surface area contributed by atoms with E-state index in [-0.39, 0.29) is 0 Å². The molecule has 1 heterocycles. The number of rotatable bonds is 3. The SMILES string of the molecule is NC(=O)c1cccc2c1c1ccccc1n2Cc1cccc(Br)c1. The summed E-state index contributed by atoms with van der Waals surface area (Å²) >= 11 is 3.53. The number of nitrogens with two attached hydrogens (primary N) is 1. The van der Waals surface area contributed by atoms with Gasteiger partial charge in [0.25, 0.3) is 0 Å². The van der Waals surface area contributed by atoms with Crippen LogP contribution in [0.4, 0.5) is 0 Å². The molecule has 1 aromatic heterocycles. The largest absolute Gasteiger partial charge is 0.366 e. The van der Waals surface area contributed by atoms with Gasteiger partial charge in [-0.25, -0.2) is 0 Å². The lowest BCUT2D eigenvalue weighted by Gasteiger charge is -2.08. The van der Waals surface area contributed by atoms with Gasteiger partial charge in [0.2, 0.25) is 5.91 Å². The molecule has 0 atom stereocenters. The second-order valence-corrected chi connectivity index (χ2v) is 6.71. The van der Waals surface area contributed by atoms with Gasteiger partial charge in [-0.15, -0.1) is 0 Å². The molecule has 24 heavy (non-hydrogen) atoms. The Morgan fingerprint density at radius 2 is 1.71 bits per heavy atom. The quantitative estimate of drug-likeness (QED) is 0.551. The number of aromatic nitrogens is 1. The number of amides is 1. The fraction of sp³-hybridized carbons (Fsp3) is 0.0500. The Labute approximate surface area is 147 Å². The van der Waals surface area contributed by atoms with Crippen LogP contribution in [0, 0.1) is 0 Å². The van der Waals surface area contributed by atoms with E-state index in [0.717, 1.165) is 32.8 Å². The molecule has 0 aliphatic rings. The van der Waals surface area contributed by atoms with Crippen LogP contribution in [-0.4, -0.2) is 10.5 Å². The minimum absolute atomic E-state index is 0.397. The molecule has 4 aromatic rings. The minimum Gasteiger partial charge on any atom is -0.366 e. The molecule has 118 valence electrons. The van der Waals surface area contributed by atoms with Gasteiger partial charge in [-0.3, -0.25) is 4.79 Å². The summed E-state index contributed by atoms with van der Waals surface area (Å²) in [6.45, 7) is 0.728. The summed E-state index contributed by atoms with van der Waals surface area (Å²) in [5.41, 5.74) is 9.47. The van der Waals surface area contributed by atoms with Crippen molar-refractivity contribution in [1.82, 2.24) is 4.57 Å². The van der Waals surface area contributed by atoms with E-state index in [1.165, 1.54) is 5.56 Å². The summed E-state index contributed by atoms with van der Waals surface area (Å²) in [7, 11) is 0. The molecule has 0 saturated heterocycles. The van der Waals surface area contributed by atoms with Crippen LogP contribution in [0.1, 0.15) is 15.9 Å². The maximum Gasteiger partial charge on any atom is 0.249 e. The first-order valence-electron chi connectivity index (χ1n) is 7.69. The predicted octanol–water partition coefficient (Wildman–Crippen LogP) is 4.70. The van der Waals surface area contributed by atoms with Crippen LogP contribution in [-0.2, 0) is 6.54 Å². The first-order chi connectivity index (χ1) is 11.6. The summed E-state index contributed by atoms with van der Waals surface area (Å²) in [5, 5.41) is 1.98. The molecule has 2 N–H and O–H groups in total. The number of fused-ring (bicyclic) bond motifs is 3. The number of nitrogens with zero attached hydrogens (tertiary/aromatic N) is 1. The first-order valence-corrected chi connectivity index (χ1v) is 8.48. The van der Waals surface area contributed by atoms with E-state index in [4.69, 9.17) is 5.73 Å².